The lowest BCUT2D eigenvalue weighted by Crippen LogP contribution is -2.59. The molecular weight excluding hydrogens is 476 g/mol. The first kappa shape index (κ1) is 25.9. The van der Waals surface area contributed by atoms with Crippen LogP contribution in [-0.4, -0.2) is 139 Å². The highest BCUT2D eigenvalue weighted by Crippen LogP contribution is 2.28. The van der Waals surface area contributed by atoms with E-state index in [0.717, 1.165) is 4.68 Å². The third kappa shape index (κ3) is 5.34. The molecule has 2 fully saturated rings. The highest BCUT2D eigenvalue weighted by atomic mass is 16.7. The largest absolute Gasteiger partial charge is 0.394 e. The van der Waals surface area contributed by atoms with Gasteiger partial charge in [-0.25, -0.2) is 9.36 Å². The summed E-state index contributed by atoms with van der Waals surface area (Å²) < 4.78 is 18.7. The Morgan fingerprint density at radius 1 is 0.743 bits per heavy atom. The molecule has 0 aliphatic carbocycles. The standard InChI is InChI=1S/C18H28N6O11/c25-4-9-11(27)13(29)15(31)17(34-9)24-3-7(19-22-24)1-23-2-8(20-21-23)6-33-18-16(32)14(30)12(28)10(5-26)35-18/h2-3,9-18,25-32H,1,4-6H2/t9-,10-,11-,12-,13+,14+,15-,16+,17-,18+/m1/s1. The zero-order chi connectivity index (χ0) is 25.3. The molecule has 0 aromatic carbocycles. The van der Waals surface area contributed by atoms with Gasteiger partial charge in [0.25, 0.3) is 0 Å². The summed E-state index contributed by atoms with van der Waals surface area (Å²) in [4.78, 5) is 0. The number of aliphatic hydroxyl groups is 8. The van der Waals surface area contributed by atoms with Crippen molar-refractivity contribution in [3.8, 4) is 0 Å². The van der Waals surface area contributed by atoms with Gasteiger partial charge in [0.2, 0.25) is 0 Å². The van der Waals surface area contributed by atoms with Crippen LogP contribution in [0.3, 0.4) is 0 Å². The van der Waals surface area contributed by atoms with E-state index in [-0.39, 0.29) is 13.2 Å². The third-order valence-electron chi connectivity index (χ3n) is 5.84. The van der Waals surface area contributed by atoms with Gasteiger partial charge in [-0.15, -0.1) is 10.2 Å². The molecule has 2 aliphatic rings. The smallest absolute Gasteiger partial charge is 0.187 e. The van der Waals surface area contributed by atoms with E-state index in [0.29, 0.717) is 11.4 Å². The summed E-state index contributed by atoms with van der Waals surface area (Å²) in [7, 11) is 0. The van der Waals surface area contributed by atoms with Crippen molar-refractivity contribution in [2.45, 2.75) is 74.5 Å². The molecule has 10 atom stereocenters. The highest BCUT2D eigenvalue weighted by Gasteiger charge is 2.45. The number of rotatable bonds is 8. The summed E-state index contributed by atoms with van der Waals surface area (Å²) in [5, 5.41) is 93.9. The van der Waals surface area contributed by atoms with E-state index in [1.165, 1.54) is 17.1 Å². The molecule has 2 aromatic rings. The molecular formula is C18H28N6O11. The lowest BCUT2D eigenvalue weighted by Gasteiger charge is -2.39. The summed E-state index contributed by atoms with van der Waals surface area (Å²) in [6.07, 6.45) is -10.9. The second-order valence-corrected chi connectivity index (χ2v) is 8.33. The lowest BCUT2D eigenvalue weighted by molar-refractivity contribution is -0.304. The number of aromatic nitrogens is 6. The van der Waals surface area contributed by atoms with Gasteiger partial charge >= 0.3 is 0 Å². The Labute approximate surface area is 197 Å². The molecule has 0 bridgehead atoms. The third-order valence-corrected chi connectivity index (χ3v) is 5.84. The zero-order valence-electron chi connectivity index (χ0n) is 18.2. The Bertz CT molecular complexity index is 957. The summed E-state index contributed by atoms with van der Waals surface area (Å²) in [6, 6.07) is 0. The predicted octanol–water partition coefficient (Wildman–Crippen LogP) is -5.79. The van der Waals surface area contributed by atoms with Crippen molar-refractivity contribution in [1.29, 1.82) is 0 Å². The average Bonchev–Trinajstić information content (AvgIpc) is 3.51. The van der Waals surface area contributed by atoms with Crippen LogP contribution in [-0.2, 0) is 27.4 Å². The molecule has 196 valence electrons. The normalized spacial score (nSPS) is 38.1. The fraction of sp³-hybridized carbons (Fsp3) is 0.778. The van der Waals surface area contributed by atoms with Gasteiger partial charge in [0.05, 0.1) is 38.8 Å². The molecule has 0 amide bonds. The topological polar surface area (TPSA) is 251 Å². The molecule has 0 radical (unpaired) electrons. The quantitative estimate of drug-likeness (QED) is 0.167. The van der Waals surface area contributed by atoms with Crippen LogP contribution in [0.4, 0.5) is 0 Å². The van der Waals surface area contributed by atoms with Crippen molar-refractivity contribution in [3.05, 3.63) is 23.8 Å². The van der Waals surface area contributed by atoms with Crippen LogP contribution >= 0.6 is 0 Å². The minimum Gasteiger partial charge on any atom is -0.394 e. The van der Waals surface area contributed by atoms with Gasteiger partial charge < -0.3 is 55.1 Å². The molecule has 2 aliphatic heterocycles. The van der Waals surface area contributed by atoms with Crippen molar-refractivity contribution in [3.63, 3.8) is 0 Å². The highest BCUT2D eigenvalue weighted by molar-refractivity contribution is 4.99. The van der Waals surface area contributed by atoms with Gasteiger partial charge in [0.15, 0.2) is 12.5 Å². The molecule has 2 aromatic heterocycles. The van der Waals surface area contributed by atoms with Crippen LogP contribution < -0.4 is 0 Å². The first-order chi connectivity index (χ1) is 16.7. The molecule has 4 heterocycles. The van der Waals surface area contributed by atoms with Crippen LogP contribution in [0.15, 0.2) is 12.4 Å². The Balaban J connectivity index is 1.34. The molecule has 8 N–H and O–H groups in total. The first-order valence-corrected chi connectivity index (χ1v) is 10.8. The van der Waals surface area contributed by atoms with Crippen LogP contribution in [0.25, 0.3) is 0 Å². The van der Waals surface area contributed by atoms with Crippen LogP contribution in [0.5, 0.6) is 0 Å². The maximum absolute atomic E-state index is 10.2. The number of hydrogen-bond donors (Lipinski definition) is 8. The second kappa shape index (κ2) is 10.8. The number of nitrogens with zero attached hydrogens (tertiary/aromatic N) is 6. The van der Waals surface area contributed by atoms with Crippen LogP contribution in [0, 0.1) is 0 Å². The Hall–Kier alpha value is -2.16. The molecule has 0 spiro atoms. The van der Waals surface area contributed by atoms with Crippen LogP contribution in [0.2, 0.25) is 0 Å². The van der Waals surface area contributed by atoms with Gasteiger partial charge in [0, 0.05) is 0 Å². The number of aliphatic hydroxyl groups excluding tert-OH is 8. The van der Waals surface area contributed by atoms with Crippen LogP contribution in [0.1, 0.15) is 17.6 Å². The van der Waals surface area contributed by atoms with Gasteiger partial charge in [-0.05, 0) is 0 Å². The molecule has 17 heteroatoms. The molecule has 35 heavy (non-hydrogen) atoms. The first-order valence-electron chi connectivity index (χ1n) is 10.8. The fourth-order valence-electron chi connectivity index (χ4n) is 3.83. The van der Waals surface area contributed by atoms with E-state index in [4.69, 9.17) is 14.2 Å². The molecule has 17 nitrogen and oxygen atoms in total. The van der Waals surface area contributed by atoms with E-state index in [1.807, 2.05) is 0 Å². The zero-order valence-corrected chi connectivity index (χ0v) is 18.2. The van der Waals surface area contributed by atoms with Gasteiger partial charge in [0.1, 0.15) is 60.2 Å². The van der Waals surface area contributed by atoms with Gasteiger partial charge in [-0.1, -0.05) is 10.4 Å². The molecule has 4 rings (SSSR count). The van der Waals surface area contributed by atoms with Gasteiger partial charge in [-0.3, -0.25) is 0 Å². The van der Waals surface area contributed by atoms with E-state index in [1.54, 1.807) is 0 Å². The number of ether oxygens (including phenoxy) is 3. The minimum absolute atomic E-state index is 0.102. The molecule has 2 saturated heterocycles. The van der Waals surface area contributed by atoms with Crippen molar-refractivity contribution in [2.75, 3.05) is 13.2 Å². The maximum atomic E-state index is 10.2. The maximum Gasteiger partial charge on any atom is 0.187 e. The molecule has 0 unspecified atom stereocenters. The number of hydrogen-bond acceptors (Lipinski definition) is 15. The Kier molecular flexibility index (Phi) is 8.03. The Morgan fingerprint density at radius 2 is 1.37 bits per heavy atom. The Morgan fingerprint density at radius 3 is 2.06 bits per heavy atom. The monoisotopic (exact) mass is 504 g/mol. The van der Waals surface area contributed by atoms with E-state index >= 15 is 0 Å². The van der Waals surface area contributed by atoms with E-state index in [2.05, 4.69) is 20.6 Å². The van der Waals surface area contributed by atoms with Crippen molar-refractivity contribution in [1.82, 2.24) is 30.0 Å². The SMILES string of the molecule is OC[C@H]1O[C@H](OCc2cn(Cc3cn([C@@H]4O[C@H](CO)[C@@H](O)[C@H](O)[C@H]4O)nn3)nn2)[C@@H](O)[C@@H](O)[C@@H]1O. The second-order valence-electron chi connectivity index (χ2n) is 8.33. The summed E-state index contributed by atoms with van der Waals surface area (Å²) in [5.41, 5.74) is 0.719. The summed E-state index contributed by atoms with van der Waals surface area (Å²) in [6.45, 7) is -1.22. The van der Waals surface area contributed by atoms with Crippen molar-refractivity contribution < 1.29 is 55.1 Å². The van der Waals surface area contributed by atoms with Crippen molar-refractivity contribution in [2.24, 2.45) is 0 Å². The minimum atomic E-state index is -1.56. The predicted molar refractivity (Wildman–Crippen MR) is 107 cm³/mol. The van der Waals surface area contributed by atoms with Crippen molar-refractivity contribution >= 4 is 0 Å². The lowest BCUT2D eigenvalue weighted by atomic mass is 9.98. The fourth-order valence-corrected chi connectivity index (χ4v) is 3.83. The summed E-state index contributed by atoms with van der Waals surface area (Å²) in [5.74, 6) is 0. The van der Waals surface area contributed by atoms with Gasteiger partial charge in [-0.2, -0.15) is 0 Å². The summed E-state index contributed by atoms with van der Waals surface area (Å²) >= 11 is 0. The van der Waals surface area contributed by atoms with E-state index < -0.39 is 74.6 Å². The van der Waals surface area contributed by atoms with E-state index in [9.17, 15) is 40.9 Å². The molecule has 0 saturated carbocycles. The average molecular weight is 504 g/mol.